The fraction of sp³-hybridized carbons (Fsp3) is 0.462. The molecule has 0 radical (unpaired) electrons. The van der Waals surface area contributed by atoms with Gasteiger partial charge in [0.15, 0.2) is 0 Å². The van der Waals surface area contributed by atoms with Crippen LogP contribution in [0.3, 0.4) is 0 Å². The normalized spacial score (nSPS) is 20.0. The molecule has 0 aromatic heterocycles. The number of amides is 1. The van der Waals surface area contributed by atoms with Crippen LogP contribution >= 0.6 is 11.8 Å². The Hall–Kier alpha value is -1.00. The molecule has 17 heavy (non-hydrogen) atoms. The molecule has 0 bridgehead atoms. The Balaban J connectivity index is 1.76. The Bertz CT molecular complexity index is 391. The summed E-state index contributed by atoms with van der Waals surface area (Å²) in [7, 11) is 0. The van der Waals surface area contributed by atoms with Crippen molar-refractivity contribution in [3.05, 3.63) is 29.8 Å². The highest BCUT2D eigenvalue weighted by Crippen LogP contribution is 2.19. The molecular formula is C13H18N2OS. The lowest BCUT2D eigenvalue weighted by Crippen LogP contribution is -2.30. The van der Waals surface area contributed by atoms with Crippen LogP contribution in [0.15, 0.2) is 29.2 Å². The molecule has 0 saturated carbocycles. The van der Waals surface area contributed by atoms with Crippen LogP contribution in [0, 0.1) is 6.92 Å². The zero-order valence-electron chi connectivity index (χ0n) is 10.1. The van der Waals surface area contributed by atoms with E-state index in [1.807, 2.05) is 4.90 Å². The summed E-state index contributed by atoms with van der Waals surface area (Å²) in [5.74, 6) is 1.13. The summed E-state index contributed by atoms with van der Waals surface area (Å²) in [6.45, 7) is 3.59. The molecule has 0 aliphatic carbocycles. The van der Waals surface area contributed by atoms with Gasteiger partial charge in [0.1, 0.15) is 0 Å². The monoisotopic (exact) mass is 250 g/mol. The number of nitrogens with two attached hydrogens (primary N) is 1. The van der Waals surface area contributed by atoms with E-state index in [9.17, 15) is 4.79 Å². The summed E-state index contributed by atoms with van der Waals surface area (Å²) in [6.07, 6.45) is 0.509. The Morgan fingerprint density at radius 3 is 2.71 bits per heavy atom. The van der Waals surface area contributed by atoms with Gasteiger partial charge >= 0.3 is 0 Å². The number of hydrogen-bond acceptors (Lipinski definition) is 3. The summed E-state index contributed by atoms with van der Waals surface area (Å²) in [5, 5.41) is 0. The number of carbonyl (C=O) groups is 1. The van der Waals surface area contributed by atoms with Gasteiger partial charge in [-0.2, -0.15) is 0 Å². The second kappa shape index (κ2) is 5.56. The molecule has 1 heterocycles. The van der Waals surface area contributed by atoms with Crippen molar-refractivity contribution < 1.29 is 4.79 Å². The molecule has 4 heteroatoms. The summed E-state index contributed by atoms with van der Waals surface area (Å²) in [6, 6.07) is 8.50. The van der Waals surface area contributed by atoms with Crippen molar-refractivity contribution in [2.45, 2.75) is 24.3 Å². The third-order valence-electron chi connectivity index (χ3n) is 2.90. The van der Waals surface area contributed by atoms with E-state index in [4.69, 9.17) is 5.73 Å². The van der Waals surface area contributed by atoms with E-state index in [2.05, 4.69) is 31.2 Å². The maximum atomic E-state index is 11.5. The number of nitrogens with zero attached hydrogens (tertiary/aromatic N) is 1. The molecule has 2 rings (SSSR count). The van der Waals surface area contributed by atoms with Gasteiger partial charge in [-0.1, -0.05) is 17.7 Å². The van der Waals surface area contributed by atoms with Crippen LogP contribution in [0.4, 0.5) is 0 Å². The van der Waals surface area contributed by atoms with Crippen LogP contribution in [0.5, 0.6) is 0 Å². The minimum absolute atomic E-state index is 0.0341. The van der Waals surface area contributed by atoms with Crippen LogP contribution < -0.4 is 5.73 Å². The highest BCUT2D eigenvalue weighted by Gasteiger charge is 2.25. The zero-order chi connectivity index (χ0) is 12.3. The first-order valence-electron chi connectivity index (χ1n) is 5.88. The number of benzene rings is 1. The summed E-state index contributed by atoms with van der Waals surface area (Å²) >= 11 is 1.78. The average molecular weight is 250 g/mol. The smallest absolute Gasteiger partial charge is 0.224 e. The van der Waals surface area contributed by atoms with Crippen LogP contribution in [-0.2, 0) is 4.79 Å². The van der Waals surface area contributed by atoms with E-state index in [1.54, 1.807) is 11.8 Å². The lowest BCUT2D eigenvalue weighted by molar-refractivity contribution is -0.127. The van der Waals surface area contributed by atoms with Crippen molar-refractivity contribution in [3.63, 3.8) is 0 Å². The van der Waals surface area contributed by atoms with E-state index in [0.29, 0.717) is 13.0 Å². The molecule has 92 valence electrons. The van der Waals surface area contributed by atoms with E-state index >= 15 is 0 Å². The molecule has 1 unspecified atom stereocenters. The van der Waals surface area contributed by atoms with Crippen molar-refractivity contribution in [2.24, 2.45) is 5.73 Å². The summed E-state index contributed by atoms with van der Waals surface area (Å²) < 4.78 is 0. The van der Waals surface area contributed by atoms with Crippen molar-refractivity contribution in [1.82, 2.24) is 4.90 Å². The predicted octanol–water partition coefficient (Wildman–Crippen LogP) is 1.65. The Labute approximate surface area is 106 Å². The van der Waals surface area contributed by atoms with Crippen LogP contribution in [0.2, 0.25) is 0 Å². The lowest BCUT2D eigenvalue weighted by atomic mass is 10.2. The minimum Gasteiger partial charge on any atom is -0.340 e. The Morgan fingerprint density at radius 2 is 2.12 bits per heavy atom. The summed E-state index contributed by atoms with van der Waals surface area (Å²) in [5.41, 5.74) is 7.02. The zero-order valence-corrected chi connectivity index (χ0v) is 10.9. The molecule has 1 saturated heterocycles. The molecule has 3 nitrogen and oxygen atoms in total. The quantitative estimate of drug-likeness (QED) is 0.826. The van der Waals surface area contributed by atoms with Gasteiger partial charge in [0.05, 0.1) is 0 Å². The molecule has 2 N–H and O–H groups in total. The first kappa shape index (κ1) is 12.5. The van der Waals surface area contributed by atoms with E-state index in [0.717, 1.165) is 12.3 Å². The first-order valence-corrected chi connectivity index (χ1v) is 6.86. The van der Waals surface area contributed by atoms with E-state index < -0.39 is 0 Å². The maximum absolute atomic E-state index is 11.5. The number of hydrogen-bond donors (Lipinski definition) is 1. The van der Waals surface area contributed by atoms with Gasteiger partial charge in [-0.05, 0) is 19.1 Å². The van der Waals surface area contributed by atoms with E-state index in [1.165, 1.54) is 10.5 Å². The SMILES string of the molecule is Cc1ccc(SCCN2CC(N)CC2=O)cc1. The second-order valence-corrected chi connectivity index (χ2v) is 5.63. The van der Waals surface area contributed by atoms with Gasteiger partial charge in [0, 0.05) is 36.2 Å². The standard InChI is InChI=1S/C13H18N2OS/c1-10-2-4-12(5-3-10)17-7-6-15-9-11(14)8-13(15)16/h2-5,11H,6-9,14H2,1H3. The van der Waals surface area contributed by atoms with Gasteiger partial charge in [0.2, 0.25) is 5.91 Å². The fourth-order valence-corrected chi connectivity index (χ4v) is 2.80. The number of thioether (sulfide) groups is 1. The molecular weight excluding hydrogens is 232 g/mol. The molecule has 0 spiro atoms. The van der Waals surface area contributed by atoms with Crippen molar-refractivity contribution in [3.8, 4) is 0 Å². The van der Waals surface area contributed by atoms with Gasteiger partial charge in [-0.15, -0.1) is 11.8 Å². The van der Waals surface area contributed by atoms with Crippen molar-refractivity contribution in [1.29, 1.82) is 0 Å². The third kappa shape index (κ3) is 3.48. The van der Waals surface area contributed by atoms with Gasteiger partial charge < -0.3 is 10.6 Å². The Kier molecular flexibility index (Phi) is 4.07. The molecule has 1 aromatic rings. The van der Waals surface area contributed by atoms with Gasteiger partial charge in [-0.3, -0.25) is 4.79 Å². The fourth-order valence-electron chi connectivity index (χ4n) is 1.93. The average Bonchev–Trinajstić information content (AvgIpc) is 2.60. The molecule has 1 fully saturated rings. The summed E-state index contributed by atoms with van der Waals surface area (Å²) in [4.78, 5) is 14.6. The first-order chi connectivity index (χ1) is 8.15. The molecule has 1 aromatic carbocycles. The molecule has 1 aliphatic heterocycles. The van der Waals surface area contributed by atoms with Crippen molar-refractivity contribution >= 4 is 17.7 Å². The highest BCUT2D eigenvalue weighted by molar-refractivity contribution is 7.99. The van der Waals surface area contributed by atoms with Gasteiger partial charge in [-0.25, -0.2) is 0 Å². The largest absolute Gasteiger partial charge is 0.340 e. The number of aryl methyl sites for hydroxylation is 1. The lowest BCUT2D eigenvalue weighted by Gasteiger charge is -2.15. The molecule has 1 amide bonds. The number of likely N-dealkylation sites (tertiary alicyclic amines) is 1. The van der Waals surface area contributed by atoms with Crippen LogP contribution in [0.1, 0.15) is 12.0 Å². The van der Waals surface area contributed by atoms with E-state index in [-0.39, 0.29) is 11.9 Å². The molecule has 1 atom stereocenters. The molecule has 1 aliphatic rings. The third-order valence-corrected chi connectivity index (χ3v) is 3.89. The number of carbonyl (C=O) groups excluding carboxylic acids is 1. The minimum atomic E-state index is 0.0341. The van der Waals surface area contributed by atoms with Gasteiger partial charge in [0.25, 0.3) is 0 Å². The Morgan fingerprint density at radius 1 is 1.41 bits per heavy atom. The highest BCUT2D eigenvalue weighted by atomic mass is 32.2. The maximum Gasteiger partial charge on any atom is 0.224 e. The van der Waals surface area contributed by atoms with Crippen molar-refractivity contribution in [2.75, 3.05) is 18.8 Å². The van der Waals surface area contributed by atoms with Crippen LogP contribution in [-0.4, -0.2) is 35.7 Å². The predicted molar refractivity (Wildman–Crippen MR) is 71.1 cm³/mol. The number of rotatable bonds is 4. The van der Waals surface area contributed by atoms with Crippen LogP contribution in [0.25, 0.3) is 0 Å². The topological polar surface area (TPSA) is 46.3 Å². The second-order valence-electron chi connectivity index (χ2n) is 4.47.